The van der Waals surface area contributed by atoms with E-state index in [1.54, 1.807) is 6.07 Å². The number of amides is 1. The minimum Gasteiger partial charge on any atom is -0.492 e. The summed E-state index contributed by atoms with van der Waals surface area (Å²) in [5.74, 6) is 0.760. The lowest BCUT2D eigenvalue weighted by atomic mass is 9.73. The van der Waals surface area contributed by atoms with Gasteiger partial charge in [-0.3, -0.25) is 9.69 Å². The molecule has 1 saturated heterocycles. The van der Waals surface area contributed by atoms with Crippen molar-refractivity contribution in [1.29, 1.82) is 5.26 Å². The molecule has 1 N–H and O–H groups in total. The standard InChI is InChI=1S/C25H27N3O4S/c1-33(30,31)25(8-9-25)19-3-5-20(6-4-19)32-15-14-28-12-10-24(11-13-28)21-16-18(17-26)2-7-22(21)27-23(24)29/h2-7,16H,8-15H2,1H3,(H,27,29). The number of fused-ring (bicyclic) bond motifs is 2. The van der Waals surface area contributed by atoms with E-state index in [1.807, 2.05) is 36.4 Å². The molecule has 7 nitrogen and oxygen atoms in total. The molecular formula is C25H27N3O4S. The van der Waals surface area contributed by atoms with Crippen molar-refractivity contribution in [2.45, 2.75) is 35.8 Å². The zero-order valence-electron chi connectivity index (χ0n) is 18.6. The van der Waals surface area contributed by atoms with Crippen molar-refractivity contribution in [1.82, 2.24) is 4.90 Å². The van der Waals surface area contributed by atoms with Gasteiger partial charge < -0.3 is 10.1 Å². The number of nitrogens with one attached hydrogen (secondary N) is 1. The highest BCUT2D eigenvalue weighted by atomic mass is 32.2. The molecule has 2 fully saturated rings. The number of nitrogens with zero attached hydrogens (tertiary/aromatic N) is 2. The van der Waals surface area contributed by atoms with E-state index >= 15 is 0 Å². The number of sulfone groups is 1. The summed E-state index contributed by atoms with van der Waals surface area (Å²) in [6.07, 6.45) is 4.10. The summed E-state index contributed by atoms with van der Waals surface area (Å²) in [5, 5.41) is 12.2. The molecule has 0 bridgehead atoms. The normalized spacial score (nSPS) is 20.7. The van der Waals surface area contributed by atoms with Crippen molar-refractivity contribution in [3.63, 3.8) is 0 Å². The van der Waals surface area contributed by atoms with E-state index in [0.717, 1.165) is 42.2 Å². The van der Waals surface area contributed by atoms with E-state index in [4.69, 9.17) is 4.74 Å². The topological polar surface area (TPSA) is 99.5 Å². The van der Waals surface area contributed by atoms with E-state index in [0.29, 0.717) is 37.9 Å². The third-order valence-electron chi connectivity index (χ3n) is 7.53. The molecule has 2 aliphatic heterocycles. The van der Waals surface area contributed by atoms with Crippen molar-refractivity contribution in [2.24, 2.45) is 0 Å². The van der Waals surface area contributed by atoms with Crippen molar-refractivity contribution >= 4 is 21.4 Å². The second-order valence-electron chi connectivity index (χ2n) is 9.39. The van der Waals surface area contributed by atoms with Gasteiger partial charge >= 0.3 is 0 Å². The van der Waals surface area contributed by atoms with Crippen LogP contribution in [0.2, 0.25) is 0 Å². The predicted octanol–water partition coefficient (Wildman–Crippen LogP) is 2.96. The molecule has 0 radical (unpaired) electrons. The third-order valence-corrected chi connectivity index (χ3v) is 9.59. The lowest BCUT2D eigenvalue weighted by molar-refractivity contribution is -0.122. The molecule has 2 heterocycles. The van der Waals surface area contributed by atoms with Gasteiger partial charge in [0.25, 0.3) is 0 Å². The van der Waals surface area contributed by atoms with Crippen LogP contribution >= 0.6 is 0 Å². The number of nitriles is 1. The average molecular weight is 466 g/mol. The molecule has 0 aromatic heterocycles. The zero-order chi connectivity index (χ0) is 23.3. The first-order valence-electron chi connectivity index (χ1n) is 11.3. The maximum absolute atomic E-state index is 12.8. The molecule has 1 saturated carbocycles. The lowest BCUT2D eigenvalue weighted by Crippen LogP contribution is -2.47. The van der Waals surface area contributed by atoms with Gasteiger partial charge in [0, 0.05) is 18.5 Å². The van der Waals surface area contributed by atoms with E-state index in [9.17, 15) is 18.5 Å². The van der Waals surface area contributed by atoms with Gasteiger partial charge in [0.05, 0.1) is 21.8 Å². The molecular weight excluding hydrogens is 438 g/mol. The van der Waals surface area contributed by atoms with Gasteiger partial charge in [0.2, 0.25) is 5.91 Å². The third kappa shape index (κ3) is 3.69. The molecule has 5 rings (SSSR count). The van der Waals surface area contributed by atoms with Gasteiger partial charge in [-0.2, -0.15) is 5.26 Å². The van der Waals surface area contributed by atoms with Crippen LogP contribution in [0.25, 0.3) is 0 Å². The number of piperidine rings is 1. The molecule has 172 valence electrons. The maximum Gasteiger partial charge on any atom is 0.235 e. The molecule has 1 amide bonds. The number of carbonyl (C=O) groups is 1. The van der Waals surface area contributed by atoms with E-state index in [2.05, 4.69) is 16.3 Å². The van der Waals surface area contributed by atoms with Crippen LogP contribution in [-0.4, -0.2) is 51.7 Å². The minimum absolute atomic E-state index is 0.0334. The van der Waals surface area contributed by atoms with Gasteiger partial charge in [0.1, 0.15) is 12.4 Å². The van der Waals surface area contributed by atoms with Gasteiger partial charge in [-0.05, 0) is 80.2 Å². The first kappa shape index (κ1) is 21.9. The summed E-state index contributed by atoms with van der Waals surface area (Å²) in [7, 11) is -3.12. The second kappa shape index (κ2) is 7.86. The molecule has 0 unspecified atom stereocenters. The van der Waals surface area contributed by atoms with Crippen LogP contribution in [0, 0.1) is 11.3 Å². The van der Waals surface area contributed by atoms with Crippen LogP contribution in [0.15, 0.2) is 42.5 Å². The number of carbonyl (C=O) groups excluding carboxylic acids is 1. The lowest BCUT2D eigenvalue weighted by Gasteiger charge is -2.37. The Labute approximate surface area is 194 Å². The van der Waals surface area contributed by atoms with E-state index in [-0.39, 0.29) is 5.91 Å². The Bertz CT molecular complexity index is 1240. The molecule has 2 aromatic rings. The number of anilines is 1. The second-order valence-corrected chi connectivity index (χ2v) is 11.7. The molecule has 8 heteroatoms. The SMILES string of the molecule is CS(=O)(=O)C1(c2ccc(OCCN3CCC4(CC3)C(=O)Nc3ccc(C#N)cc34)cc2)CC1. The van der Waals surface area contributed by atoms with Gasteiger partial charge in [0.15, 0.2) is 9.84 Å². The summed E-state index contributed by atoms with van der Waals surface area (Å²) < 4.78 is 29.4. The number of hydrogen-bond donors (Lipinski definition) is 1. The van der Waals surface area contributed by atoms with Crippen LogP contribution in [0.4, 0.5) is 5.69 Å². The fourth-order valence-corrected chi connectivity index (χ4v) is 6.68. The number of rotatable bonds is 6. The molecule has 0 atom stereocenters. The average Bonchev–Trinajstić information content (AvgIpc) is 3.58. The van der Waals surface area contributed by atoms with E-state index in [1.165, 1.54) is 6.26 Å². The Morgan fingerprint density at radius 1 is 1.09 bits per heavy atom. The van der Waals surface area contributed by atoms with E-state index < -0.39 is 20.0 Å². The predicted molar refractivity (Wildman–Crippen MR) is 125 cm³/mol. The smallest absolute Gasteiger partial charge is 0.235 e. The summed E-state index contributed by atoms with van der Waals surface area (Å²) in [6.45, 7) is 2.83. The molecule has 3 aliphatic rings. The molecule has 33 heavy (non-hydrogen) atoms. The zero-order valence-corrected chi connectivity index (χ0v) is 19.5. The summed E-state index contributed by atoms with van der Waals surface area (Å²) in [5.41, 5.74) is 2.64. The van der Waals surface area contributed by atoms with Gasteiger partial charge in [-0.1, -0.05) is 12.1 Å². The summed E-state index contributed by atoms with van der Waals surface area (Å²) >= 11 is 0. The number of ether oxygens (including phenoxy) is 1. The summed E-state index contributed by atoms with van der Waals surface area (Å²) in [6, 6.07) is 15.0. The van der Waals surface area contributed by atoms with Crippen molar-refractivity contribution in [3.8, 4) is 11.8 Å². The minimum atomic E-state index is -3.12. The number of hydrogen-bond acceptors (Lipinski definition) is 6. The first-order valence-corrected chi connectivity index (χ1v) is 13.2. The van der Waals surface area contributed by atoms with Crippen molar-refractivity contribution < 1.29 is 17.9 Å². The Hall–Kier alpha value is -2.89. The van der Waals surface area contributed by atoms with Crippen LogP contribution in [-0.2, 0) is 24.8 Å². The van der Waals surface area contributed by atoms with Gasteiger partial charge in [-0.15, -0.1) is 0 Å². The molecule has 1 spiro atoms. The highest BCUT2D eigenvalue weighted by Crippen LogP contribution is 2.52. The Balaban J connectivity index is 1.16. The highest BCUT2D eigenvalue weighted by molar-refractivity contribution is 7.92. The fraction of sp³-hybridized carbons (Fsp3) is 0.440. The monoisotopic (exact) mass is 465 g/mol. The Morgan fingerprint density at radius 2 is 1.79 bits per heavy atom. The number of benzene rings is 2. The largest absolute Gasteiger partial charge is 0.492 e. The van der Waals surface area contributed by atoms with Crippen molar-refractivity contribution in [3.05, 3.63) is 59.2 Å². The van der Waals surface area contributed by atoms with Crippen LogP contribution in [0.1, 0.15) is 42.4 Å². The molecule has 2 aromatic carbocycles. The van der Waals surface area contributed by atoms with Crippen LogP contribution < -0.4 is 10.1 Å². The van der Waals surface area contributed by atoms with Crippen molar-refractivity contribution in [2.75, 3.05) is 37.8 Å². The highest BCUT2D eigenvalue weighted by Gasteiger charge is 2.53. The first-order chi connectivity index (χ1) is 15.8. The quantitative estimate of drug-likeness (QED) is 0.704. The fourth-order valence-electron chi connectivity index (χ4n) is 5.27. The molecule has 1 aliphatic carbocycles. The van der Waals surface area contributed by atoms with Crippen LogP contribution in [0.3, 0.4) is 0 Å². The number of likely N-dealkylation sites (tertiary alicyclic amines) is 1. The Kier molecular flexibility index (Phi) is 5.22. The van der Waals surface area contributed by atoms with Gasteiger partial charge in [-0.25, -0.2) is 8.42 Å². The Morgan fingerprint density at radius 3 is 2.39 bits per heavy atom. The maximum atomic E-state index is 12.8. The van der Waals surface area contributed by atoms with Crippen LogP contribution in [0.5, 0.6) is 5.75 Å². The summed E-state index contributed by atoms with van der Waals surface area (Å²) in [4.78, 5) is 15.1.